The zero-order valence-electron chi connectivity index (χ0n) is 23.0. The number of carbonyl (C=O) groups is 4. The van der Waals surface area contributed by atoms with E-state index in [-0.39, 0.29) is 11.6 Å². The second-order valence-corrected chi connectivity index (χ2v) is 11.4. The Morgan fingerprint density at radius 1 is 0.419 bits per heavy atom. The van der Waals surface area contributed by atoms with Gasteiger partial charge in [-0.25, -0.2) is 0 Å². The number of carbonyl (C=O) groups excluding carboxylic acids is 4. The van der Waals surface area contributed by atoms with E-state index in [1.54, 1.807) is 48.5 Å². The summed E-state index contributed by atoms with van der Waals surface area (Å²) in [6.45, 7) is 0. The molecule has 1 aliphatic heterocycles. The van der Waals surface area contributed by atoms with Crippen LogP contribution in [0.3, 0.4) is 0 Å². The minimum absolute atomic E-state index is 0.300. The summed E-state index contributed by atoms with van der Waals surface area (Å²) in [6.07, 6.45) is 0. The van der Waals surface area contributed by atoms with E-state index >= 15 is 19.2 Å². The van der Waals surface area contributed by atoms with Crippen LogP contribution in [0.1, 0.15) is 64.5 Å². The second-order valence-electron chi connectivity index (χ2n) is 11.4. The summed E-state index contributed by atoms with van der Waals surface area (Å²) in [5, 5.41) is 0. The number of benzene rings is 5. The Hall–Kier alpha value is -5.42. The number of para-hydroxylation sites is 1. The molecule has 2 aliphatic carbocycles. The number of anilines is 1. The fourth-order valence-electron chi connectivity index (χ4n) is 7.98. The number of rotatable bonds is 3. The van der Waals surface area contributed by atoms with Crippen molar-refractivity contribution in [2.75, 3.05) is 4.90 Å². The standard InChI is InChI=1S/C38H25NO4/c40-33-27-20-10-11-21-28(27)34(41)37(33)31(24-14-4-1-5-15-24)38(35(42)29-22-12-13-23-30(29)36(38)43)39(26-18-8-3-9-19-26)32(37)25-16-6-2-7-17-25/h1-23,31-32H/t31-,32-/m0/s1. The van der Waals surface area contributed by atoms with E-state index in [0.717, 1.165) is 0 Å². The summed E-state index contributed by atoms with van der Waals surface area (Å²) in [4.78, 5) is 62.3. The number of hydrogen-bond acceptors (Lipinski definition) is 5. The Bertz CT molecular complexity index is 1770. The highest BCUT2D eigenvalue weighted by Crippen LogP contribution is 2.69. The van der Waals surface area contributed by atoms with Gasteiger partial charge in [0, 0.05) is 33.9 Å². The number of hydrogen-bond donors (Lipinski definition) is 0. The molecule has 5 nitrogen and oxygen atoms in total. The van der Waals surface area contributed by atoms with Crippen molar-refractivity contribution < 1.29 is 19.2 Å². The van der Waals surface area contributed by atoms with Gasteiger partial charge in [-0.2, -0.15) is 0 Å². The van der Waals surface area contributed by atoms with Crippen molar-refractivity contribution in [1.82, 2.24) is 0 Å². The molecule has 5 aromatic rings. The normalized spacial score (nSPS) is 21.1. The first kappa shape index (κ1) is 25.3. The average molecular weight is 560 g/mol. The molecule has 8 rings (SSSR count). The molecule has 0 radical (unpaired) electrons. The van der Waals surface area contributed by atoms with E-state index in [0.29, 0.717) is 39.1 Å². The lowest BCUT2D eigenvalue weighted by Crippen LogP contribution is -2.57. The molecule has 2 spiro atoms. The largest absolute Gasteiger partial charge is 0.343 e. The lowest BCUT2D eigenvalue weighted by Gasteiger charge is -2.40. The Labute approximate surface area is 248 Å². The molecule has 0 saturated carbocycles. The predicted octanol–water partition coefficient (Wildman–Crippen LogP) is 6.92. The molecular weight excluding hydrogens is 534 g/mol. The second kappa shape index (κ2) is 9.04. The van der Waals surface area contributed by atoms with Crippen LogP contribution < -0.4 is 4.90 Å². The van der Waals surface area contributed by atoms with Crippen molar-refractivity contribution in [3.63, 3.8) is 0 Å². The first-order valence-corrected chi connectivity index (χ1v) is 14.4. The molecule has 3 aliphatic rings. The Balaban J connectivity index is 1.58. The molecule has 206 valence electrons. The first-order chi connectivity index (χ1) is 21.0. The molecule has 43 heavy (non-hydrogen) atoms. The van der Waals surface area contributed by atoms with Crippen LogP contribution >= 0.6 is 0 Å². The average Bonchev–Trinajstić information content (AvgIpc) is 3.57. The number of nitrogens with zero attached hydrogens (tertiary/aromatic N) is 1. The van der Waals surface area contributed by atoms with Crippen LogP contribution in [0.4, 0.5) is 5.69 Å². The smallest absolute Gasteiger partial charge is 0.197 e. The molecule has 1 heterocycles. The van der Waals surface area contributed by atoms with E-state index in [1.165, 1.54) is 0 Å². The fourth-order valence-corrected chi connectivity index (χ4v) is 7.98. The van der Waals surface area contributed by atoms with Gasteiger partial charge in [-0.3, -0.25) is 19.2 Å². The minimum Gasteiger partial charge on any atom is -0.343 e. The third-order valence-corrected chi connectivity index (χ3v) is 9.50. The van der Waals surface area contributed by atoms with Crippen LogP contribution in [0.5, 0.6) is 0 Å². The van der Waals surface area contributed by atoms with Crippen molar-refractivity contribution in [2.24, 2.45) is 5.41 Å². The van der Waals surface area contributed by atoms with Gasteiger partial charge < -0.3 is 4.90 Å². The highest BCUT2D eigenvalue weighted by Gasteiger charge is 2.80. The van der Waals surface area contributed by atoms with E-state index in [1.807, 2.05) is 95.9 Å². The van der Waals surface area contributed by atoms with Gasteiger partial charge in [0.1, 0.15) is 5.41 Å². The molecule has 1 saturated heterocycles. The first-order valence-electron chi connectivity index (χ1n) is 14.4. The van der Waals surface area contributed by atoms with Crippen LogP contribution in [0, 0.1) is 5.41 Å². The Kier molecular flexibility index (Phi) is 5.32. The molecule has 0 unspecified atom stereocenters. The van der Waals surface area contributed by atoms with Gasteiger partial charge in [0.25, 0.3) is 0 Å². The third-order valence-electron chi connectivity index (χ3n) is 9.50. The van der Waals surface area contributed by atoms with Crippen LogP contribution in [-0.4, -0.2) is 28.7 Å². The summed E-state index contributed by atoms with van der Waals surface area (Å²) in [5.74, 6) is -2.66. The van der Waals surface area contributed by atoms with Crippen LogP contribution in [0.15, 0.2) is 140 Å². The Morgan fingerprint density at radius 3 is 1.26 bits per heavy atom. The summed E-state index contributed by atoms with van der Waals surface area (Å²) in [6, 6.07) is 40.5. The van der Waals surface area contributed by atoms with Crippen LogP contribution in [0.25, 0.3) is 0 Å². The molecule has 1 fully saturated rings. The molecular formula is C38H25NO4. The van der Waals surface area contributed by atoms with E-state index in [9.17, 15) is 0 Å². The SMILES string of the molecule is O=C1c2ccccc2C(=O)C12[C@H](c1ccccc1)N(c1ccccc1)C1(C(=O)c3ccccc3C1=O)[C@H]2c1ccccc1. The van der Waals surface area contributed by atoms with Gasteiger partial charge in [0.15, 0.2) is 28.7 Å². The minimum atomic E-state index is -1.90. The van der Waals surface area contributed by atoms with Gasteiger partial charge in [0.2, 0.25) is 0 Å². The molecule has 0 N–H and O–H groups in total. The monoisotopic (exact) mass is 559 g/mol. The zero-order chi connectivity index (χ0) is 29.3. The van der Waals surface area contributed by atoms with Crippen molar-refractivity contribution in [2.45, 2.75) is 17.5 Å². The van der Waals surface area contributed by atoms with Crippen LogP contribution in [-0.2, 0) is 0 Å². The predicted molar refractivity (Wildman–Crippen MR) is 163 cm³/mol. The topological polar surface area (TPSA) is 71.5 Å². The summed E-state index contributed by atoms with van der Waals surface area (Å²) < 4.78 is 0. The number of Topliss-reactive ketones (excluding diaryl/α,β-unsaturated/α-hetero) is 4. The lowest BCUT2D eigenvalue weighted by atomic mass is 9.60. The molecule has 0 bridgehead atoms. The molecule has 5 heteroatoms. The summed E-state index contributed by atoms with van der Waals surface area (Å²) >= 11 is 0. The van der Waals surface area contributed by atoms with Crippen molar-refractivity contribution in [1.29, 1.82) is 0 Å². The van der Waals surface area contributed by atoms with Crippen molar-refractivity contribution >= 4 is 28.8 Å². The summed E-state index contributed by atoms with van der Waals surface area (Å²) in [7, 11) is 0. The maximum Gasteiger partial charge on any atom is 0.197 e. The number of fused-ring (bicyclic) bond motifs is 2. The zero-order valence-corrected chi connectivity index (χ0v) is 23.0. The van der Waals surface area contributed by atoms with Crippen molar-refractivity contribution in [3.05, 3.63) is 173 Å². The Morgan fingerprint density at radius 2 is 0.791 bits per heavy atom. The molecule has 0 amide bonds. The highest BCUT2D eigenvalue weighted by atomic mass is 16.2. The fraction of sp³-hybridized carbons (Fsp3) is 0.105. The van der Waals surface area contributed by atoms with E-state index in [4.69, 9.17) is 0 Å². The van der Waals surface area contributed by atoms with Gasteiger partial charge in [-0.15, -0.1) is 0 Å². The van der Waals surface area contributed by atoms with Gasteiger partial charge in [-0.1, -0.05) is 127 Å². The maximum atomic E-state index is 15.1. The summed E-state index contributed by atoms with van der Waals surface area (Å²) in [5.41, 5.74) is -0.635. The third kappa shape index (κ3) is 3.01. The number of ketones is 4. The van der Waals surface area contributed by atoms with Gasteiger partial charge in [0.05, 0.1) is 6.04 Å². The maximum absolute atomic E-state index is 15.1. The highest BCUT2D eigenvalue weighted by molar-refractivity contribution is 6.39. The van der Waals surface area contributed by atoms with Gasteiger partial charge >= 0.3 is 0 Å². The van der Waals surface area contributed by atoms with Crippen molar-refractivity contribution in [3.8, 4) is 0 Å². The molecule has 0 aromatic heterocycles. The molecule has 2 atom stereocenters. The van der Waals surface area contributed by atoms with Gasteiger partial charge in [-0.05, 0) is 23.3 Å². The van der Waals surface area contributed by atoms with Crippen LogP contribution in [0.2, 0.25) is 0 Å². The quantitative estimate of drug-likeness (QED) is 0.225. The lowest BCUT2D eigenvalue weighted by molar-refractivity contribution is 0.0620. The van der Waals surface area contributed by atoms with E-state index in [2.05, 4.69) is 0 Å². The van der Waals surface area contributed by atoms with E-state index < -0.39 is 34.5 Å². The molecule has 5 aromatic carbocycles.